The molecule has 1 radical (unpaired) electrons. The molecule has 0 atom stereocenters. The largest absolute Gasteiger partial charge is 0.351 e. The van der Waals surface area contributed by atoms with E-state index < -0.39 is 0 Å². The van der Waals surface area contributed by atoms with Crippen LogP contribution in [0.1, 0.15) is 24.0 Å². The summed E-state index contributed by atoms with van der Waals surface area (Å²) >= 11 is 0. The van der Waals surface area contributed by atoms with E-state index in [-0.39, 0.29) is 70.7 Å². The molecule has 2 rings (SSSR count). The van der Waals surface area contributed by atoms with Crippen LogP contribution in [0, 0.1) is 44.0 Å². The average Bonchev–Trinajstić information content (AvgIpc) is 2.47. The summed E-state index contributed by atoms with van der Waals surface area (Å²) in [5, 5.41) is 0. The third kappa shape index (κ3) is 3.73. The van der Waals surface area contributed by atoms with E-state index in [2.05, 4.69) is 18.0 Å². The minimum absolute atomic E-state index is 0. The van der Waals surface area contributed by atoms with Crippen molar-refractivity contribution in [3.05, 3.63) is 42.4 Å². The van der Waals surface area contributed by atoms with Gasteiger partial charge < -0.3 is 11.9 Å². The van der Waals surface area contributed by atoms with E-state index in [1.54, 1.807) is 0 Å². The van der Waals surface area contributed by atoms with Gasteiger partial charge in [-0.3, -0.25) is 0 Å². The summed E-state index contributed by atoms with van der Waals surface area (Å²) < 4.78 is 0. The fourth-order valence-corrected chi connectivity index (χ4v) is 1.64. The van der Waals surface area contributed by atoms with Gasteiger partial charge in [-0.05, 0) is 6.20 Å². The molecular formula is C10H11NUVW-2. The zero-order chi connectivity index (χ0) is 7.68. The monoisotopic (exact) mass is 618 g/mol. The molecule has 4 heteroatoms. The Morgan fingerprint density at radius 3 is 2.86 bits per heavy atom. The smallest absolute Gasteiger partial charge is 0 e. The zero-order valence-electron chi connectivity index (χ0n) is 7.86. The molecule has 0 N–H and O–H groups in total. The molecule has 1 aromatic rings. The minimum Gasteiger partial charge on any atom is -0.351 e. The molecule has 0 saturated heterocycles. The van der Waals surface area contributed by atoms with Gasteiger partial charge in [0.1, 0.15) is 0 Å². The first-order chi connectivity index (χ1) is 5.42. The molecular weight excluding hydrogens is 607 g/mol. The van der Waals surface area contributed by atoms with Crippen LogP contribution >= 0.6 is 0 Å². The number of nitrogens with zero attached hydrogens (tertiary/aromatic N) is 1. The van der Waals surface area contributed by atoms with E-state index in [0.717, 1.165) is 6.42 Å². The molecule has 1 aliphatic carbocycles. The van der Waals surface area contributed by atoms with Gasteiger partial charge in [-0.2, -0.15) is 11.5 Å². The van der Waals surface area contributed by atoms with Gasteiger partial charge >= 0.3 is 0 Å². The molecule has 0 aliphatic heterocycles. The fraction of sp³-hybridized carbons (Fsp3) is 0.300. The Hall–Kier alpha value is 1.34. The normalized spacial score (nSPS) is 11.9. The number of pyridine rings is 1. The van der Waals surface area contributed by atoms with Crippen molar-refractivity contribution in [3.8, 4) is 0 Å². The summed E-state index contributed by atoms with van der Waals surface area (Å²) in [4.78, 5) is 4.11. The van der Waals surface area contributed by atoms with Gasteiger partial charge in [-0.1, -0.05) is 25.1 Å². The van der Waals surface area contributed by atoms with Gasteiger partial charge in [0.2, 0.25) is 0 Å². The second-order valence-electron chi connectivity index (χ2n) is 2.89. The summed E-state index contributed by atoms with van der Waals surface area (Å²) in [6.45, 7) is 3.90. The van der Waals surface area contributed by atoms with Crippen LogP contribution in [0.3, 0.4) is 0 Å². The van der Waals surface area contributed by atoms with Crippen molar-refractivity contribution in [1.82, 2.24) is 4.98 Å². The first kappa shape index (κ1) is 17.7. The molecule has 0 aromatic carbocycles. The Kier molecular flexibility index (Phi) is 10.8. The maximum absolute atomic E-state index is 4.11. The number of aromatic nitrogens is 1. The SMILES string of the molecule is [CH2-]C[C-]1CCc2ccncc21.[U].[V].[W]. The Bertz CT molecular complexity index is 270. The van der Waals surface area contributed by atoms with E-state index in [9.17, 15) is 0 Å². The number of aryl methyl sites for hydroxylation is 1. The van der Waals surface area contributed by atoms with Crippen molar-refractivity contribution >= 4 is 0 Å². The summed E-state index contributed by atoms with van der Waals surface area (Å²) in [6, 6.07) is 2.11. The minimum atomic E-state index is 0. The molecule has 0 spiro atoms. The third-order valence-electron chi connectivity index (χ3n) is 2.29. The van der Waals surface area contributed by atoms with Crippen molar-refractivity contribution in [1.29, 1.82) is 0 Å². The van der Waals surface area contributed by atoms with Crippen molar-refractivity contribution in [3.63, 3.8) is 0 Å². The number of fused-ring (bicyclic) bond motifs is 1. The van der Waals surface area contributed by atoms with Crippen LogP contribution in [-0.4, -0.2) is 4.98 Å². The molecule has 1 heterocycles. The van der Waals surface area contributed by atoms with Gasteiger partial charge in [0.25, 0.3) is 0 Å². The predicted octanol–water partition coefficient (Wildman–Crippen LogP) is 2.17. The van der Waals surface area contributed by atoms with Crippen LogP contribution in [0.5, 0.6) is 0 Å². The fourth-order valence-electron chi connectivity index (χ4n) is 1.64. The molecule has 0 fully saturated rings. The van der Waals surface area contributed by atoms with Gasteiger partial charge in [0, 0.05) is 70.7 Å². The quantitative estimate of drug-likeness (QED) is 0.441. The van der Waals surface area contributed by atoms with E-state index in [1.807, 2.05) is 12.4 Å². The van der Waals surface area contributed by atoms with Crippen molar-refractivity contribution < 1.29 is 70.7 Å². The second kappa shape index (κ2) is 8.49. The maximum Gasteiger partial charge on any atom is 0 e. The predicted molar refractivity (Wildman–Crippen MR) is 44.9 cm³/mol. The zero-order valence-corrected chi connectivity index (χ0v) is 16.4. The van der Waals surface area contributed by atoms with Gasteiger partial charge in [0.15, 0.2) is 0 Å². The van der Waals surface area contributed by atoms with Crippen LogP contribution < -0.4 is 0 Å². The molecule has 0 bridgehead atoms. The van der Waals surface area contributed by atoms with Crippen LogP contribution in [0.2, 0.25) is 0 Å². The molecule has 1 aliphatic rings. The Morgan fingerprint density at radius 1 is 1.50 bits per heavy atom. The van der Waals surface area contributed by atoms with Gasteiger partial charge in [-0.15, -0.1) is 5.56 Å². The molecule has 1 aromatic heterocycles. The maximum atomic E-state index is 4.11. The topological polar surface area (TPSA) is 12.9 Å². The number of hydrogen-bond acceptors (Lipinski definition) is 1. The summed E-state index contributed by atoms with van der Waals surface area (Å²) in [6.07, 6.45) is 7.12. The van der Waals surface area contributed by atoms with Crippen LogP contribution in [0.15, 0.2) is 18.5 Å². The van der Waals surface area contributed by atoms with E-state index >= 15 is 0 Å². The van der Waals surface area contributed by atoms with Gasteiger partial charge in [0.05, 0.1) is 0 Å². The van der Waals surface area contributed by atoms with Crippen molar-refractivity contribution in [2.24, 2.45) is 0 Å². The number of hydrogen-bond donors (Lipinski definition) is 0. The van der Waals surface area contributed by atoms with Crippen LogP contribution in [0.25, 0.3) is 0 Å². The second-order valence-corrected chi connectivity index (χ2v) is 2.89. The summed E-state index contributed by atoms with van der Waals surface area (Å²) in [5.74, 6) is 1.47. The van der Waals surface area contributed by atoms with Crippen molar-refractivity contribution in [2.45, 2.75) is 19.3 Å². The van der Waals surface area contributed by atoms with E-state index in [1.165, 1.54) is 29.9 Å². The number of rotatable bonds is 1. The van der Waals surface area contributed by atoms with Crippen LogP contribution in [-0.2, 0) is 46.0 Å². The molecule has 14 heavy (non-hydrogen) atoms. The van der Waals surface area contributed by atoms with Gasteiger partial charge in [-0.25, -0.2) is 6.42 Å². The van der Waals surface area contributed by atoms with Crippen molar-refractivity contribution in [2.75, 3.05) is 0 Å². The van der Waals surface area contributed by atoms with E-state index in [4.69, 9.17) is 0 Å². The Morgan fingerprint density at radius 2 is 2.21 bits per heavy atom. The van der Waals surface area contributed by atoms with Crippen LogP contribution in [0.4, 0.5) is 0 Å². The van der Waals surface area contributed by atoms with E-state index in [0.29, 0.717) is 0 Å². The Labute approximate surface area is 136 Å². The molecule has 1 nitrogen and oxygen atoms in total. The molecule has 0 saturated carbocycles. The summed E-state index contributed by atoms with van der Waals surface area (Å²) in [5.41, 5.74) is 2.79. The standard InChI is InChI=1S/C10H11N.U.V.W/c1-2-8-3-4-9-5-6-11-7-10(8)9;;;/h5-7H,1-4H2;;;/q-2;;;. The average molecular weight is 618 g/mol. The molecule has 0 unspecified atom stereocenters. The molecule has 0 amide bonds. The Balaban J connectivity index is 0. The first-order valence-corrected chi connectivity index (χ1v) is 3.99. The molecule has 73 valence electrons. The third-order valence-corrected chi connectivity index (χ3v) is 2.29. The first-order valence-electron chi connectivity index (χ1n) is 3.99. The summed E-state index contributed by atoms with van der Waals surface area (Å²) in [7, 11) is 0.